The zero-order chi connectivity index (χ0) is 14.2. The number of nitrogens with two attached hydrogens (primary N) is 1. The van der Waals surface area contributed by atoms with Crippen molar-refractivity contribution in [3.8, 4) is 0 Å². The van der Waals surface area contributed by atoms with Gasteiger partial charge in [0.05, 0.1) is 0 Å². The second-order valence-electron chi connectivity index (χ2n) is 6.49. The third kappa shape index (κ3) is 4.63. The molecule has 1 aromatic carbocycles. The molecule has 0 bridgehead atoms. The van der Waals surface area contributed by atoms with Gasteiger partial charge in [0.2, 0.25) is 0 Å². The SMILES string of the molecule is CCCCCCCC(N)CC1CCCc2ccccc21. The maximum Gasteiger partial charge on any atom is 0.00446 e. The van der Waals surface area contributed by atoms with E-state index in [9.17, 15) is 0 Å². The van der Waals surface area contributed by atoms with E-state index in [0.29, 0.717) is 12.0 Å². The summed E-state index contributed by atoms with van der Waals surface area (Å²) in [6.07, 6.45) is 13.1. The molecule has 1 nitrogen and oxygen atoms in total. The Morgan fingerprint density at radius 3 is 2.80 bits per heavy atom. The van der Waals surface area contributed by atoms with Gasteiger partial charge in [-0.2, -0.15) is 0 Å². The highest BCUT2D eigenvalue weighted by Crippen LogP contribution is 2.34. The van der Waals surface area contributed by atoms with E-state index in [-0.39, 0.29) is 0 Å². The highest BCUT2D eigenvalue weighted by Gasteiger charge is 2.21. The fourth-order valence-corrected chi connectivity index (χ4v) is 3.59. The van der Waals surface area contributed by atoms with Gasteiger partial charge in [0.15, 0.2) is 0 Å². The summed E-state index contributed by atoms with van der Waals surface area (Å²) >= 11 is 0. The second-order valence-corrected chi connectivity index (χ2v) is 6.49. The molecular formula is C19H31N. The third-order valence-corrected chi connectivity index (χ3v) is 4.76. The number of fused-ring (bicyclic) bond motifs is 1. The van der Waals surface area contributed by atoms with Crippen LogP contribution in [-0.2, 0) is 6.42 Å². The van der Waals surface area contributed by atoms with Crippen molar-refractivity contribution in [2.75, 3.05) is 0 Å². The number of hydrogen-bond donors (Lipinski definition) is 1. The number of rotatable bonds is 8. The molecule has 1 heteroatoms. The summed E-state index contributed by atoms with van der Waals surface area (Å²) in [6, 6.07) is 9.39. The molecule has 20 heavy (non-hydrogen) atoms. The Morgan fingerprint density at radius 1 is 1.15 bits per heavy atom. The van der Waals surface area contributed by atoms with E-state index in [1.54, 1.807) is 11.1 Å². The highest BCUT2D eigenvalue weighted by atomic mass is 14.6. The van der Waals surface area contributed by atoms with Gasteiger partial charge in [0.25, 0.3) is 0 Å². The van der Waals surface area contributed by atoms with Crippen LogP contribution < -0.4 is 5.73 Å². The Bertz CT molecular complexity index is 385. The van der Waals surface area contributed by atoms with Gasteiger partial charge in [-0.3, -0.25) is 0 Å². The van der Waals surface area contributed by atoms with E-state index in [1.165, 1.54) is 64.2 Å². The fraction of sp³-hybridized carbons (Fsp3) is 0.684. The van der Waals surface area contributed by atoms with Crippen LogP contribution >= 0.6 is 0 Å². The van der Waals surface area contributed by atoms with Crippen LogP contribution in [0.4, 0.5) is 0 Å². The number of aryl methyl sites for hydroxylation is 1. The minimum atomic E-state index is 0.396. The minimum Gasteiger partial charge on any atom is -0.328 e. The minimum absolute atomic E-state index is 0.396. The van der Waals surface area contributed by atoms with E-state index in [0.717, 1.165) is 0 Å². The largest absolute Gasteiger partial charge is 0.328 e. The summed E-state index contributed by atoms with van der Waals surface area (Å²) in [5.41, 5.74) is 9.53. The monoisotopic (exact) mass is 273 g/mol. The van der Waals surface area contributed by atoms with Crippen LogP contribution in [0.25, 0.3) is 0 Å². The van der Waals surface area contributed by atoms with Crippen molar-refractivity contribution in [1.82, 2.24) is 0 Å². The molecule has 0 aliphatic heterocycles. The molecule has 0 spiro atoms. The molecule has 1 aliphatic rings. The molecule has 0 aromatic heterocycles. The lowest BCUT2D eigenvalue weighted by molar-refractivity contribution is 0.438. The first-order valence-corrected chi connectivity index (χ1v) is 8.64. The molecular weight excluding hydrogens is 242 g/mol. The molecule has 2 unspecified atom stereocenters. The van der Waals surface area contributed by atoms with Crippen LogP contribution in [0.15, 0.2) is 24.3 Å². The number of benzene rings is 1. The van der Waals surface area contributed by atoms with Gasteiger partial charge >= 0.3 is 0 Å². The van der Waals surface area contributed by atoms with Crippen molar-refractivity contribution in [1.29, 1.82) is 0 Å². The summed E-state index contributed by atoms with van der Waals surface area (Å²) in [5, 5.41) is 0. The Hall–Kier alpha value is -0.820. The summed E-state index contributed by atoms with van der Waals surface area (Å²) in [6.45, 7) is 2.27. The summed E-state index contributed by atoms with van der Waals surface area (Å²) in [7, 11) is 0. The molecule has 0 saturated heterocycles. The first-order chi connectivity index (χ1) is 9.81. The maximum absolute atomic E-state index is 6.38. The van der Waals surface area contributed by atoms with Crippen LogP contribution in [-0.4, -0.2) is 6.04 Å². The van der Waals surface area contributed by atoms with E-state index in [4.69, 9.17) is 5.73 Å². The van der Waals surface area contributed by atoms with Crippen molar-refractivity contribution in [3.05, 3.63) is 35.4 Å². The van der Waals surface area contributed by atoms with Crippen LogP contribution in [0.3, 0.4) is 0 Å². The first-order valence-electron chi connectivity index (χ1n) is 8.64. The smallest absolute Gasteiger partial charge is 0.00446 e. The molecule has 2 N–H and O–H groups in total. The molecule has 112 valence electrons. The quantitative estimate of drug-likeness (QED) is 0.648. The lowest BCUT2D eigenvalue weighted by Crippen LogP contribution is -2.24. The summed E-state index contributed by atoms with van der Waals surface area (Å²) in [4.78, 5) is 0. The van der Waals surface area contributed by atoms with Gasteiger partial charge in [-0.25, -0.2) is 0 Å². The molecule has 0 fully saturated rings. The average Bonchev–Trinajstić information content (AvgIpc) is 2.47. The average molecular weight is 273 g/mol. The molecule has 1 aromatic rings. The predicted octanol–water partition coefficient (Wildman–Crippen LogP) is 5.18. The van der Waals surface area contributed by atoms with E-state index < -0.39 is 0 Å². The van der Waals surface area contributed by atoms with Crippen LogP contribution in [0, 0.1) is 0 Å². The van der Waals surface area contributed by atoms with Crippen molar-refractivity contribution >= 4 is 0 Å². The van der Waals surface area contributed by atoms with Gasteiger partial charge in [-0.15, -0.1) is 0 Å². The van der Waals surface area contributed by atoms with Gasteiger partial charge in [-0.1, -0.05) is 63.3 Å². The normalized spacial score (nSPS) is 19.6. The van der Waals surface area contributed by atoms with Crippen LogP contribution in [0.5, 0.6) is 0 Å². The Morgan fingerprint density at radius 2 is 1.95 bits per heavy atom. The van der Waals surface area contributed by atoms with Crippen LogP contribution in [0.2, 0.25) is 0 Å². The van der Waals surface area contributed by atoms with E-state index in [2.05, 4.69) is 31.2 Å². The van der Waals surface area contributed by atoms with Crippen LogP contribution in [0.1, 0.15) is 81.8 Å². The van der Waals surface area contributed by atoms with Gasteiger partial charge in [-0.05, 0) is 49.1 Å². The van der Waals surface area contributed by atoms with Gasteiger partial charge in [0.1, 0.15) is 0 Å². The molecule has 2 atom stereocenters. The molecule has 0 amide bonds. The lowest BCUT2D eigenvalue weighted by atomic mass is 9.79. The molecule has 2 rings (SSSR count). The number of unbranched alkanes of at least 4 members (excludes halogenated alkanes) is 4. The molecule has 0 radical (unpaired) electrons. The maximum atomic E-state index is 6.38. The van der Waals surface area contributed by atoms with Crippen molar-refractivity contribution in [3.63, 3.8) is 0 Å². The standard InChI is InChI=1S/C19H31N/c1-2-3-4-5-6-13-18(20)15-17-12-9-11-16-10-7-8-14-19(16)17/h7-8,10,14,17-18H,2-6,9,11-13,15,20H2,1H3. The van der Waals surface area contributed by atoms with Gasteiger partial charge in [0, 0.05) is 6.04 Å². The Labute approximate surface area is 125 Å². The van der Waals surface area contributed by atoms with Crippen molar-refractivity contribution in [2.45, 2.75) is 83.1 Å². The second kappa shape index (κ2) is 8.46. The van der Waals surface area contributed by atoms with E-state index >= 15 is 0 Å². The zero-order valence-electron chi connectivity index (χ0n) is 13.1. The Kier molecular flexibility index (Phi) is 6.59. The van der Waals surface area contributed by atoms with E-state index in [1.807, 2.05) is 0 Å². The Balaban J connectivity index is 1.76. The lowest BCUT2D eigenvalue weighted by Gasteiger charge is -2.27. The number of hydrogen-bond acceptors (Lipinski definition) is 1. The third-order valence-electron chi connectivity index (χ3n) is 4.76. The predicted molar refractivity (Wildman–Crippen MR) is 88.1 cm³/mol. The molecule has 0 heterocycles. The van der Waals surface area contributed by atoms with Crippen molar-refractivity contribution in [2.24, 2.45) is 5.73 Å². The zero-order valence-corrected chi connectivity index (χ0v) is 13.1. The first kappa shape index (κ1) is 15.6. The summed E-state index contributed by atoms with van der Waals surface area (Å²) in [5.74, 6) is 0.714. The van der Waals surface area contributed by atoms with Crippen molar-refractivity contribution < 1.29 is 0 Å². The summed E-state index contributed by atoms with van der Waals surface area (Å²) < 4.78 is 0. The molecule has 0 saturated carbocycles. The molecule has 1 aliphatic carbocycles. The van der Waals surface area contributed by atoms with Gasteiger partial charge < -0.3 is 5.73 Å². The highest BCUT2D eigenvalue weighted by molar-refractivity contribution is 5.32. The fourth-order valence-electron chi connectivity index (χ4n) is 3.59. The topological polar surface area (TPSA) is 26.0 Å².